The molecule has 0 saturated carbocycles. The third kappa shape index (κ3) is 2.94. The molecule has 0 N–H and O–H groups in total. The van der Waals surface area contributed by atoms with Crippen molar-refractivity contribution >= 4 is 15.9 Å². The Hall–Kier alpha value is -0.640. The van der Waals surface area contributed by atoms with Gasteiger partial charge in [-0.15, -0.1) is 0 Å². The molecule has 0 aliphatic carbocycles. The molecule has 1 rings (SSSR count). The van der Waals surface area contributed by atoms with Crippen LogP contribution in [0.5, 0.6) is 5.88 Å². The zero-order valence-corrected chi connectivity index (χ0v) is 10.3. The molecule has 0 fully saturated rings. The van der Waals surface area contributed by atoms with Crippen molar-refractivity contribution in [2.24, 2.45) is 0 Å². The molecule has 0 saturated heterocycles. The normalized spacial score (nSPS) is 10.6. The van der Waals surface area contributed by atoms with Gasteiger partial charge in [0.05, 0.1) is 10.6 Å². The molecule has 0 aromatic carbocycles. The SMILES string of the molecule is CCC(CC)Oc1nc(C)ncc1Br. The maximum absolute atomic E-state index is 5.73. The fourth-order valence-corrected chi connectivity index (χ4v) is 1.41. The van der Waals surface area contributed by atoms with Crippen molar-refractivity contribution in [1.29, 1.82) is 0 Å². The number of ether oxygens (including phenoxy) is 1. The first-order chi connectivity index (χ1) is 6.67. The molecule has 0 amide bonds. The highest BCUT2D eigenvalue weighted by molar-refractivity contribution is 9.10. The lowest BCUT2D eigenvalue weighted by Crippen LogP contribution is -2.15. The van der Waals surface area contributed by atoms with Crippen LogP contribution in [0.4, 0.5) is 0 Å². The molecule has 0 aliphatic heterocycles. The first-order valence-corrected chi connectivity index (χ1v) is 5.62. The fourth-order valence-electron chi connectivity index (χ4n) is 1.13. The quantitative estimate of drug-likeness (QED) is 0.833. The van der Waals surface area contributed by atoms with E-state index in [1.165, 1.54) is 0 Å². The Morgan fingerprint density at radius 1 is 1.43 bits per heavy atom. The number of hydrogen-bond acceptors (Lipinski definition) is 3. The molecule has 0 radical (unpaired) electrons. The minimum Gasteiger partial charge on any atom is -0.473 e. The number of aromatic nitrogens is 2. The second-order valence-corrected chi connectivity index (χ2v) is 3.98. The molecule has 14 heavy (non-hydrogen) atoms. The topological polar surface area (TPSA) is 35.0 Å². The Morgan fingerprint density at radius 3 is 2.64 bits per heavy atom. The molecule has 3 nitrogen and oxygen atoms in total. The van der Waals surface area contributed by atoms with E-state index in [4.69, 9.17) is 4.74 Å². The molecule has 0 spiro atoms. The van der Waals surface area contributed by atoms with Crippen molar-refractivity contribution in [1.82, 2.24) is 9.97 Å². The van der Waals surface area contributed by atoms with Gasteiger partial charge in [-0.05, 0) is 35.7 Å². The predicted molar refractivity (Wildman–Crippen MR) is 59.5 cm³/mol. The maximum atomic E-state index is 5.73. The molecule has 0 aliphatic rings. The van der Waals surface area contributed by atoms with Crippen molar-refractivity contribution in [2.45, 2.75) is 39.7 Å². The van der Waals surface area contributed by atoms with Crippen molar-refractivity contribution in [3.8, 4) is 5.88 Å². The summed E-state index contributed by atoms with van der Waals surface area (Å²) < 4.78 is 6.54. The van der Waals surface area contributed by atoms with Crippen LogP contribution >= 0.6 is 15.9 Å². The minimum atomic E-state index is 0.237. The summed E-state index contributed by atoms with van der Waals surface area (Å²) in [4.78, 5) is 8.29. The highest BCUT2D eigenvalue weighted by atomic mass is 79.9. The average molecular weight is 259 g/mol. The van der Waals surface area contributed by atoms with Gasteiger partial charge in [0.1, 0.15) is 5.82 Å². The van der Waals surface area contributed by atoms with Crippen molar-refractivity contribution in [3.63, 3.8) is 0 Å². The minimum absolute atomic E-state index is 0.237. The Balaban J connectivity index is 2.79. The van der Waals surface area contributed by atoms with Crippen LogP contribution in [-0.2, 0) is 0 Å². The average Bonchev–Trinajstić information content (AvgIpc) is 2.19. The predicted octanol–water partition coefficient (Wildman–Crippen LogP) is 3.11. The van der Waals surface area contributed by atoms with Gasteiger partial charge in [-0.25, -0.2) is 4.98 Å². The van der Waals surface area contributed by atoms with Crippen LogP contribution < -0.4 is 4.74 Å². The van der Waals surface area contributed by atoms with E-state index < -0.39 is 0 Å². The molecular weight excluding hydrogens is 244 g/mol. The highest BCUT2D eigenvalue weighted by Gasteiger charge is 2.09. The van der Waals surface area contributed by atoms with E-state index in [-0.39, 0.29) is 6.10 Å². The van der Waals surface area contributed by atoms with Gasteiger partial charge < -0.3 is 4.74 Å². The van der Waals surface area contributed by atoms with Crippen molar-refractivity contribution < 1.29 is 4.74 Å². The van der Waals surface area contributed by atoms with Gasteiger partial charge in [-0.3, -0.25) is 0 Å². The Morgan fingerprint density at radius 2 is 2.07 bits per heavy atom. The van der Waals surface area contributed by atoms with Crippen LogP contribution in [0.15, 0.2) is 10.7 Å². The third-order valence-corrected chi connectivity index (χ3v) is 2.57. The summed E-state index contributed by atoms with van der Waals surface area (Å²) in [5.41, 5.74) is 0. The molecule has 1 aromatic rings. The number of halogens is 1. The van der Waals surface area contributed by atoms with E-state index in [0.717, 1.165) is 23.1 Å². The number of aryl methyl sites for hydroxylation is 1. The lowest BCUT2D eigenvalue weighted by atomic mass is 10.2. The van der Waals surface area contributed by atoms with Gasteiger partial charge in [0.25, 0.3) is 0 Å². The molecule has 0 bridgehead atoms. The molecule has 78 valence electrons. The largest absolute Gasteiger partial charge is 0.473 e. The standard InChI is InChI=1S/C10H15BrN2O/c1-4-8(5-2)14-10-9(11)6-12-7(3)13-10/h6,8H,4-5H2,1-3H3. The second kappa shape index (κ2) is 5.29. The lowest BCUT2D eigenvalue weighted by Gasteiger charge is -2.15. The van der Waals surface area contributed by atoms with Gasteiger partial charge in [-0.2, -0.15) is 4.98 Å². The summed E-state index contributed by atoms with van der Waals surface area (Å²) in [5, 5.41) is 0. The van der Waals surface area contributed by atoms with Crippen LogP contribution in [0.2, 0.25) is 0 Å². The summed E-state index contributed by atoms with van der Waals surface area (Å²) >= 11 is 3.37. The van der Waals surface area contributed by atoms with E-state index in [9.17, 15) is 0 Å². The fraction of sp³-hybridized carbons (Fsp3) is 0.600. The van der Waals surface area contributed by atoms with Crippen LogP contribution in [0.3, 0.4) is 0 Å². The van der Waals surface area contributed by atoms with Crippen LogP contribution in [0, 0.1) is 6.92 Å². The van der Waals surface area contributed by atoms with Gasteiger partial charge in [0.2, 0.25) is 5.88 Å². The lowest BCUT2D eigenvalue weighted by molar-refractivity contribution is 0.183. The molecule has 4 heteroatoms. The second-order valence-electron chi connectivity index (χ2n) is 3.13. The van der Waals surface area contributed by atoms with E-state index in [1.54, 1.807) is 6.20 Å². The Bertz CT molecular complexity index is 300. The summed E-state index contributed by atoms with van der Waals surface area (Å²) in [6.07, 6.45) is 3.94. The zero-order chi connectivity index (χ0) is 10.6. The van der Waals surface area contributed by atoms with Crippen LogP contribution in [-0.4, -0.2) is 16.1 Å². The molecule has 0 atom stereocenters. The summed E-state index contributed by atoms with van der Waals surface area (Å²) in [6.45, 7) is 6.07. The smallest absolute Gasteiger partial charge is 0.231 e. The Kier molecular flexibility index (Phi) is 4.32. The van der Waals surface area contributed by atoms with Crippen LogP contribution in [0.1, 0.15) is 32.5 Å². The van der Waals surface area contributed by atoms with Crippen molar-refractivity contribution in [3.05, 3.63) is 16.5 Å². The van der Waals surface area contributed by atoms with E-state index in [1.807, 2.05) is 6.92 Å². The van der Waals surface area contributed by atoms with E-state index in [0.29, 0.717) is 5.88 Å². The zero-order valence-electron chi connectivity index (χ0n) is 8.75. The summed E-state index contributed by atoms with van der Waals surface area (Å²) in [6, 6.07) is 0. The Labute approximate surface area is 93.0 Å². The van der Waals surface area contributed by atoms with E-state index in [2.05, 4.69) is 39.7 Å². The first kappa shape index (κ1) is 11.4. The third-order valence-electron chi connectivity index (χ3n) is 2.02. The molecule has 0 unspecified atom stereocenters. The number of hydrogen-bond donors (Lipinski definition) is 0. The molecule has 1 heterocycles. The first-order valence-electron chi connectivity index (χ1n) is 4.83. The number of nitrogens with zero attached hydrogens (tertiary/aromatic N) is 2. The van der Waals surface area contributed by atoms with Gasteiger partial charge >= 0.3 is 0 Å². The molecule has 1 aromatic heterocycles. The summed E-state index contributed by atoms with van der Waals surface area (Å²) in [5.74, 6) is 1.38. The van der Waals surface area contributed by atoms with Gasteiger partial charge in [0.15, 0.2) is 0 Å². The van der Waals surface area contributed by atoms with Crippen LogP contribution in [0.25, 0.3) is 0 Å². The number of rotatable bonds is 4. The van der Waals surface area contributed by atoms with Gasteiger partial charge in [-0.1, -0.05) is 13.8 Å². The summed E-state index contributed by atoms with van der Waals surface area (Å²) in [7, 11) is 0. The maximum Gasteiger partial charge on any atom is 0.231 e. The van der Waals surface area contributed by atoms with E-state index >= 15 is 0 Å². The monoisotopic (exact) mass is 258 g/mol. The van der Waals surface area contributed by atoms with Gasteiger partial charge in [0, 0.05) is 6.20 Å². The highest BCUT2D eigenvalue weighted by Crippen LogP contribution is 2.23. The van der Waals surface area contributed by atoms with Crippen molar-refractivity contribution in [2.75, 3.05) is 0 Å². The molecular formula is C10H15BrN2O.